The molecule has 2 nitrogen and oxygen atoms in total. The normalized spacial score (nSPS) is 17.6. The third-order valence-electron chi connectivity index (χ3n) is 2.11. The van der Waals surface area contributed by atoms with Crippen molar-refractivity contribution in [3.63, 3.8) is 0 Å². The van der Waals surface area contributed by atoms with E-state index in [2.05, 4.69) is 58.0 Å². The second-order valence-electron chi connectivity index (χ2n) is 3.80. The fourth-order valence-corrected chi connectivity index (χ4v) is 1.47. The number of methoxy groups -OCH3 is 2. The van der Waals surface area contributed by atoms with Gasteiger partial charge in [0, 0.05) is 28.4 Å². The highest BCUT2D eigenvalue weighted by Gasteiger charge is 1.85. The molecular formula is C16H24O2. The van der Waals surface area contributed by atoms with E-state index in [1.807, 2.05) is 0 Å². The number of fused-ring (bicyclic) bond motifs is 1. The Morgan fingerprint density at radius 2 is 1.06 bits per heavy atom. The van der Waals surface area contributed by atoms with Gasteiger partial charge in [-0.05, 0) is 23.3 Å². The average Bonchev–Trinajstić information content (AvgIpc) is 2.32. The Bertz CT molecular complexity index is 392. The SMILES string of the molecule is C1=C\C/C=c2/cccc/c2=C/C/1.COC.COC. The summed E-state index contributed by atoms with van der Waals surface area (Å²) in [6.45, 7) is 0. The first kappa shape index (κ1) is 16.6. The molecule has 0 saturated carbocycles. The van der Waals surface area contributed by atoms with Crippen molar-refractivity contribution in [3.8, 4) is 0 Å². The van der Waals surface area contributed by atoms with E-state index in [1.165, 1.54) is 10.4 Å². The monoisotopic (exact) mass is 248 g/mol. The molecule has 0 N–H and O–H groups in total. The van der Waals surface area contributed by atoms with Gasteiger partial charge in [0.15, 0.2) is 0 Å². The van der Waals surface area contributed by atoms with Crippen LogP contribution in [0.3, 0.4) is 0 Å². The van der Waals surface area contributed by atoms with Crippen LogP contribution in [0.25, 0.3) is 12.2 Å². The first-order valence-electron chi connectivity index (χ1n) is 6.00. The van der Waals surface area contributed by atoms with Gasteiger partial charge in [-0.2, -0.15) is 0 Å². The van der Waals surface area contributed by atoms with Crippen molar-refractivity contribution >= 4 is 12.2 Å². The van der Waals surface area contributed by atoms with Gasteiger partial charge in [0.2, 0.25) is 0 Å². The predicted octanol–water partition coefficient (Wildman–Crippen LogP) is 2.12. The third kappa shape index (κ3) is 7.82. The van der Waals surface area contributed by atoms with Gasteiger partial charge in [-0.1, -0.05) is 48.6 Å². The number of hydrogen-bond donors (Lipinski definition) is 0. The van der Waals surface area contributed by atoms with Crippen LogP contribution in [0.15, 0.2) is 36.4 Å². The number of rotatable bonds is 0. The molecule has 1 aromatic carbocycles. The maximum Gasteiger partial charge on any atom is 0.0351 e. The lowest BCUT2D eigenvalue weighted by Gasteiger charge is -1.93. The van der Waals surface area contributed by atoms with Crippen molar-refractivity contribution in [2.45, 2.75) is 12.8 Å². The molecule has 0 saturated heterocycles. The summed E-state index contributed by atoms with van der Waals surface area (Å²) in [7, 11) is 6.50. The van der Waals surface area contributed by atoms with E-state index in [0.717, 1.165) is 12.8 Å². The standard InChI is InChI=1S/C12H12.2C2H6O/c1-2-4-8-12-10-6-5-9-11(12)7-3-1;2*1-3-2/h1-2,5-10H,3-4H2;2*1-2H3/b2-1-,11-7-,12-8-;;. The van der Waals surface area contributed by atoms with E-state index in [4.69, 9.17) is 0 Å². The second kappa shape index (κ2) is 12.1. The molecule has 0 aliphatic heterocycles. The Morgan fingerprint density at radius 1 is 0.722 bits per heavy atom. The van der Waals surface area contributed by atoms with E-state index >= 15 is 0 Å². The Balaban J connectivity index is 0.000000414. The van der Waals surface area contributed by atoms with Crippen molar-refractivity contribution in [2.75, 3.05) is 28.4 Å². The maximum absolute atomic E-state index is 4.25. The Hall–Kier alpha value is -1.38. The summed E-state index contributed by atoms with van der Waals surface area (Å²) in [5.74, 6) is 0. The Morgan fingerprint density at radius 3 is 1.39 bits per heavy atom. The van der Waals surface area contributed by atoms with Crippen LogP contribution in [0.4, 0.5) is 0 Å². The quantitative estimate of drug-likeness (QED) is 0.655. The molecule has 0 bridgehead atoms. The van der Waals surface area contributed by atoms with Gasteiger partial charge in [0.25, 0.3) is 0 Å². The summed E-state index contributed by atoms with van der Waals surface area (Å²) < 4.78 is 8.50. The van der Waals surface area contributed by atoms with Crippen LogP contribution in [0.5, 0.6) is 0 Å². The van der Waals surface area contributed by atoms with Gasteiger partial charge >= 0.3 is 0 Å². The highest BCUT2D eigenvalue weighted by Crippen LogP contribution is 1.91. The summed E-state index contributed by atoms with van der Waals surface area (Å²) in [6, 6.07) is 8.53. The number of benzene rings is 1. The molecule has 0 spiro atoms. The van der Waals surface area contributed by atoms with Gasteiger partial charge in [-0.3, -0.25) is 0 Å². The smallest absolute Gasteiger partial charge is 0.0351 e. The van der Waals surface area contributed by atoms with E-state index in [0.29, 0.717) is 0 Å². The molecule has 2 rings (SSSR count). The van der Waals surface area contributed by atoms with Gasteiger partial charge in [0.1, 0.15) is 0 Å². The van der Waals surface area contributed by atoms with Crippen molar-refractivity contribution in [2.24, 2.45) is 0 Å². The zero-order valence-electron chi connectivity index (χ0n) is 11.8. The van der Waals surface area contributed by atoms with Gasteiger partial charge < -0.3 is 9.47 Å². The predicted molar refractivity (Wildman–Crippen MR) is 78.9 cm³/mol. The molecule has 0 heterocycles. The summed E-state index contributed by atoms with van der Waals surface area (Å²) >= 11 is 0. The Labute approximate surface area is 110 Å². The maximum atomic E-state index is 4.25. The number of hydrogen-bond acceptors (Lipinski definition) is 2. The molecule has 0 fully saturated rings. The largest absolute Gasteiger partial charge is 0.388 e. The van der Waals surface area contributed by atoms with E-state index in [1.54, 1.807) is 28.4 Å². The topological polar surface area (TPSA) is 18.5 Å². The molecule has 100 valence electrons. The first-order chi connectivity index (χ1) is 8.79. The molecule has 0 amide bonds. The number of allylic oxidation sites excluding steroid dienone is 2. The van der Waals surface area contributed by atoms with Gasteiger partial charge in [0.05, 0.1) is 0 Å². The third-order valence-corrected chi connectivity index (χ3v) is 2.11. The molecule has 0 unspecified atom stereocenters. The van der Waals surface area contributed by atoms with Crippen LogP contribution in [0.2, 0.25) is 0 Å². The second-order valence-corrected chi connectivity index (χ2v) is 3.80. The summed E-state index contributed by atoms with van der Waals surface area (Å²) in [5.41, 5.74) is 0. The van der Waals surface area contributed by atoms with E-state index in [9.17, 15) is 0 Å². The van der Waals surface area contributed by atoms with Crippen LogP contribution in [-0.2, 0) is 9.47 Å². The lowest BCUT2D eigenvalue weighted by Crippen LogP contribution is -2.23. The molecule has 0 radical (unpaired) electrons. The van der Waals surface area contributed by atoms with Gasteiger partial charge in [-0.15, -0.1) is 0 Å². The van der Waals surface area contributed by atoms with Crippen molar-refractivity contribution in [1.82, 2.24) is 0 Å². The Kier molecular flexibility index (Phi) is 11.2. The van der Waals surface area contributed by atoms with Crippen LogP contribution < -0.4 is 10.4 Å². The minimum atomic E-state index is 1.06. The first-order valence-corrected chi connectivity index (χ1v) is 6.00. The fraction of sp³-hybridized carbons (Fsp3) is 0.375. The molecule has 2 heteroatoms. The summed E-state index contributed by atoms with van der Waals surface area (Å²) in [6.07, 6.45) is 11.1. The molecule has 18 heavy (non-hydrogen) atoms. The molecule has 1 aromatic rings. The highest BCUT2D eigenvalue weighted by atomic mass is 16.5. The lowest BCUT2D eigenvalue weighted by molar-refractivity contribution is 0.277. The molecule has 1 aliphatic carbocycles. The molecule has 0 atom stereocenters. The summed E-state index contributed by atoms with van der Waals surface area (Å²) in [4.78, 5) is 0. The van der Waals surface area contributed by atoms with Crippen molar-refractivity contribution < 1.29 is 9.47 Å². The van der Waals surface area contributed by atoms with E-state index < -0.39 is 0 Å². The fourth-order valence-electron chi connectivity index (χ4n) is 1.47. The average molecular weight is 248 g/mol. The molecule has 1 aliphatic rings. The van der Waals surface area contributed by atoms with E-state index in [-0.39, 0.29) is 0 Å². The minimum absolute atomic E-state index is 1.06. The van der Waals surface area contributed by atoms with Crippen molar-refractivity contribution in [1.29, 1.82) is 0 Å². The lowest BCUT2D eigenvalue weighted by atomic mass is 10.1. The van der Waals surface area contributed by atoms with Crippen molar-refractivity contribution in [3.05, 3.63) is 46.9 Å². The van der Waals surface area contributed by atoms with Crippen LogP contribution in [-0.4, -0.2) is 28.4 Å². The zero-order chi connectivity index (χ0) is 13.6. The van der Waals surface area contributed by atoms with Gasteiger partial charge in [-0.25, -0.2) is 0 Å². The summed E-state index contributed by atoms with van der Waals surface area (Å²) in [5, 5.41) is 2.73. The van der Waals surface area contributed by atoms with Crippen LogP contribution >= 0.6 is 0 Å². The minimum Gasteiger partial charge on any atom is -0.388 e. The van der Waals surface area contributed by atoms with Crippen LogP contribution in [0.1, 0.15) is 12.8 Å². The zero-order valence-corrected chi connectivity index (χ0v) is 11.8. The molecular weight excluding hydrogens is 224 g/mol. The molecule has 0 aromatic heterocycles. The number of ether oxygens (including phenoxy) is 2. The van der Waals surface area contributed by atoms with Crippen LogP contribution in [0, 0.1) is 0 Å². The highest BCUT2D eigenvalue weighted by molar-refractivity contribution is 5.36.